The van der Waals surface area contributed by atoms with Gasteiger partial charge in [-0.15, -0.1) is 0 Å². The van der Waals surface area contributed by atoms with Gasteiger partial charge in [0.15, 0.2) is 6.54 Å². The first-order valence-electron chi connectivity index (χ1n) is 6.40. The number of pyridine rings is 1. The maximum atomic E-state index is 5.87. The minimum absolute atomic E-state index is 0.0849. The van der Waals surface area contributed by atoms with Crippen LogP contribution in [0.5, 0.6) is 0 Å². The average molecular weight is 261 g/mol. The molecule has 94 valence electrons. The van der Waals surface area contributed by atoms with Crippen LogP contribution in [0.4, 0.5) is 0 Å². The highest BCUT2D eigenvalue weighted by molar-refractivity contribution is 7.71. The summed E-state index contributed by atoms with van der Waals surface area (Å²) in [5.74, 6) is 0. The molecule has 1 unspecified atom stereocenters. The molecule has 4 heteroatoms. The Labute approximate surface area is 112 Å². The molecule has 0 aromatic carbocycles. The van der Waals surface area contributed by atoms with E-state index in [2.05, 4.69) is 31.9 Å². The van der Waals surface area contributed by atoms with Gasteiger partial charge in [-0.3, -0.25) is 0 Å². The molecule has 1 atom stereocenters. The van der Waals surface area contributed by atoms with Gasteiger partial charge < -0.3 is 9.72 Å². The molecule has 0 spiro atoms. The van der Waals surface area contributed by atoms with Gasteiger partial charge in [0.25, 0.3) is 0 Å². The number of aromatic nitrogens is 1. The van der Waals surface area contributed by atoms with Crippen LogP contribution in [0, 0.1) is 4.64 Å². The van der Waals surface area contributed by atoms with E-state index in [0.29, 0.717) is 6.61 Å². The summed E-state index contributed by atoms with van der Waals surface area (Å²) in [6.45, 7) is 6.15. The van der Waals surface area contributed by atoms with E-state index in [0.717, 1.165) is 15.5 Å². The van der Waals surface area contributed by atoms with Gasteiger partial charge in [-0.1, -0.05) is 12.2 Å². The van der Waals surface area contributed by atoms with Crippen molar-refractivity contribution in [1.82, 2.24) is 4.98 Å². The number of hydrogen-bond donors (Lipinski definition) is 1. The van der Waals surface area contributed by atoms with Crippen LogP contribution in [0.15, 0.2) is 11.8 Å². The van der Waals surface area contributed by atoms with Crippen LogP contribution in [-0.4, -0.2) is 28.7 Å². The molecular formula is C14H17N2OS+. The van der Waals surface area contributed by atoms with Crippen LogP contribution < -0.4 is 0 Å². The fourth-order valence-electron chi connectivity index (χ4n) is 2.99. The molecule has 0 amide bonds. The summed E-state index contributed by atoms with van der Waals surface area (Å²) in [5, 5.41) is 0. The minimum atomic E-state index is -0.0849. The quantitative estimate of drug-likeness (QED) is 0.478. The van der Waals surface area contributed by atoms with Crippen molar-refractivity contribution in [3.63, 3.8) is 0 Å². The Morgan fingerprint density at radius 1 is 1.44 bits per heavy atom. The molecule has 1 N–H and O–H groups in total. The first-order chi connectivity index (χ1) is 8.41. The molecule has 0 aliphatic carbocycles. The van der Waals surface area contributed by atoms with Crippen molar-refractivity contribution in [2.24, 2.45) is 0 Å². The first kappa shape index (κ1) is 10.9. The van der Waals surface area contributed by atoms with E-state index in [9.17, 15) is 0 Å². The van der Waals surface area contributed by atoms with E-state index in [1.807, 2.05) is 0 Å². The van der Waals surface area contributed by atoms with Crippen LogP contribution in [0.1, 0.15) is 30.7 Å². The molecule has 0 saturated carbocycles. The second-order valence-corrected chi connectivity index (χ2v) is 6.79. The Morgan fingerprint density at radius 2 is 2.17 bits per heavy atom. The van der Waals surface area contributed by atoms with Crippen LogP contribution in [0.25, 0.3) is 5.70 Å². The zero-order valence-electron chi connectivity index (χ0n) is 11.0. The molecule has 4 rings (SSSR count). The predicted octanol–water partition coefficient (Wildman–Crippen LogP) is 2.74. The van der Waals surface area contributed by atoms with Gasteiger partial charge >= 0.3 is 0 Å². The van der Waals surface area contributed by atoms with E-state index < -0.39 is 0 Å². The summed E-state index contributed by atoms with van der Waals surface area (Å²) in [6.07, 6.45) is 0.907. The number of hydrogen-bond acceptors (Lipinski definition) is 2. The third-order valence-corrected chi connectivity index (χ3v) is 4.69. The molecule has 3 aliphatic heterocycles. The number of ether oxygens (including phenoxy) is 1. The minimum Gasteiger partial charge on any atom is -0.370 e. The van der Waals surface area contributed by atoms with Gasteiger partial charge in [-0.25, -0.2) is 4.48 Å². The Bertz CT molecular complexity index is 671. The molecule has 4 heterocycles. The normalized spacial score (nSPS) is 30.8. The smallest absolute Gasteiger partial charge is 0.233 e. The summed E-state index contributed by atoms with van der Waals surface area (Å²) in [5.41, 5.74) is 6.63. The van der Waals surface area contributed by atoms with Gasteiger partial charge in [0.1, 0.15) is 4.64 Å². The molecule has 3 nitrogen and oxygen atoms in total. The molecule has 1 aromatic heterocycles. The Morgan fingerprint density at radius 3 is 2.78 bits per heavy atom. The van der Waals surface area contributed by atoms with Gasteiger partial charge in [-0.05, 0) is 25.5 Å². The second-order valence-electron chi connectivity index (χ2n) is 6.39. The number of aromatic amines is 1. The maximum absolute atomic E-state index is 5.87. The van der Waals surface area contributed by atoms with Crippen molar-refractivity contribution in [1.29, 1.82) is 0 Å². The van der Waals surface area contributed by atoms with E-state index in [1.165, 1.54) is 29.1 Å². The van der Waals surface area contributed by atoms with E-state index in [-0.39, 0.29) is 5.60 Å². The zero-order valence-corrected chi connectivity index (χ0v) is 11.8. The predicted molar refractivity (Wildman–Crippen MR) is 72.2 cm³/mol. The summed E-state index contributed by atoms with van der Waals surface area (Å²) >= 11 is 5.51. The van der Waals surface area contributed by atoms with Crippen LogP contribution in [0.2, 0.25) is 0 Å². The lowest BCUT2D eigenvalue weighted by molar-refractivity contribution is -0.627. The highest BCUT2D eigenvalue weighted by Crippen LogP contribution is 2.62. The molecular weight excluding hydrogens is 244 g/mol. The summed E-state index contributed by atoms with van der Waals surface area (Å²) in [7, 11) is 2.25. The number of quaternary nitrogens is 1. The summed E-state index contributed by atoms with van der Waals surface area (Å²) in [6, 6.07) is 2.24. The number of nitrogens with one attached hydrogen (secondary N) is 1. The van der Waals surface area contributed by atoms with E-state index in [1.54, 1.807) is 5.70 Å². The molecule has 1 aromatic rings. The van der Waals surface area contributed by atoms with Crippen molar-refractivity contribution in [2.75, 3.05) is 13.6 Å². The standard InChI is InChI=1S/C14H16N2OS/c1-14(2)5-10-8(7-17-14)4-9(13(18)15-10)12-11-6-16(11,12)3/h4H,5-7H2,1-3H3/p+1. The molecule has 1 fully saturated rings. The highest BCUT2D eigenvalue weighted by Gasteiger charge is 2.71. The van der Waals surface area contributed by atoms with Crippen molar-refractivity contribution in [3.8, 4) is 0 Å². The van der Waals surface area contributed by atoms with Crippen LogP contribution >= 0.6 is 12.2 Å². The van der Waals surface area contributed by atoms with Gasteiger partial charge in [0, 0.05) is 12.1 Å². The van der Waals surface area contributed by atoms with E-state index in [4.69, 9.17) is 17.0 Å². The second kappa shape index (κ2) is 2.95. The highest BCUT2D eigenvalue weighted by atomic mass is 32.1. The van der Waals surface area contributed by atoms with Gasteiger partial charge in [-0.2, -0.15) is 0 Å². The fraction of sp³-hybridized carbons (Fsp3) is 0.500. The largest absolute Gasteiger partial charge is 0.370 e. The average Bonchev–Trinajstić information content (AvgIpc) is 3.07. The Hall–Kier alpha value is -0.970. The van der Waals surface area contributed by atoms with Crippen LogP contribution in [0.3, 0.4) is 0 Å². The molecule has 1 saturated heterocycles. The SMILES string of the molecule is CC1(C)Cc2[nH]c(=S)c(C3=C4C[N+]43C)cc2CO1. The van der Waals surface area contributed by atoms with Gasteiger partial charge in [0.2, 0.25) is 11.4 Å². The number of nitrogens with zero attached hydrogens (tertiary/aromatic N) is 1. The first-order valence-corrected chi connectivity index (χ1v) is 6.81. The van der Waals surface area contributed by atoms with Crippen molar-refractivity contribution in [3.05, 3.63) is 33.2 Å². The van der Waals surface area contributed by atoms with Crippen molar-refractivity contribution < 1.29 is 9.22 Å². The Kier molecular flexibility index (Phi) is 1.79. The van der Waals surface area contributed by atoms with Gasteiger partial charge in [0.05, 0.1) is 24.8 Å². The van der Waals surface area contributed by atoms with E-state index >= 15 is 0 Å². The van der Waals surface area contributed by atoms with Crippen LogP contribution in [-0.2, 0) is 17.8 Å². The molecule has 18 heavy (non-hydrogen) atoms. The number of H-pyrrole nitrogens is 1. The monoisotopic (exact) mass is 261 g/mol. The molecule has 0 radical (unpaired) electrons. The molecule has 0 bridgehead atoms. The number of likely N-dealkylation sites (N-methyl/N-ethyl adjacent to an activating group) is 1. The lowest BCUT2D eigenvalue weighted by atomic mass is 9.95. The third-order valence-electron chi connectivity index (χ3n) is 4.37. The van der Waals surface area contributed by atoms with Crippen molar-refractivity contribution in [2.45, 2.75) is 32.5 Å². The molecule has 3 aliphatic rings. The fourth-order valence-corrected chi connectivity index (χ4v) is 3.27. The number of rotatable bonds is 1. The summed E-state index contributed by atoms with van der Waals surface area (Å²) in [4.78, 5) is 3.42. The third kappa shape index (κ3) is 1.34. The number of fused-ring (bicyclic) bond motifs is 2. The van der Waals surface area contributed by atoms with Crippen molar-refractivity contribution >= 4 is 17.9 Å². The zero-order chi connectivity index (χ0) is 12.7. The topological polar surface area (TPSA) is 25.0 Å². The maximum Gasteiger partial charge on any atom is 0.233 e. The lowest BCUT2D eigenvalue weighted by Crippen LogP contribution is -2.32. The Balaban J connectivity index is 1.79. The lowest BCUT2D eigenvalue weighted by Gasteiger charge is -2.31. The summed E-state index contributed by atoms with van der Waals surface area (Å²) < 4.78 is 7.81.